The zero-order valence-corrected chi connectivity index (χ0v) is 15.1. The first-order chi connectivity index (χ1) is 12.9. The van der Waals surface area contributed by atoms with Crippen molar-refractivity contribution in [3.8, 4) is 0 Å². The summed E-state index contributed by atoms with van der Waals surface area (Å²) < 4.78 is 0. The molecule has 0 heterocycles. The maximum absolute atomic E-state index is 2.35. The lowest BCUT2D eigenvalue weighted by Gasteiger charge is -2.27. The Morgan fingerprint density at radius 1 is 0.615 bits per heavy atom. The molecule has 0 saturated heterocycles. The van der Waals surface area contributed by atoms with Crippen LogP contribution in [0.5, 0.6) is 0 Å². The van der Waals surface area contributed by atoms with E-state index in [1.165, 1.54) is 39.8 Å². The van der Waals surface area contributed by atoms with Gasteiger partial charge in [-0.3, -0.25) is 0 Å². The maximum Gasteiger partial charge on any atom is 0.0540 e. The van der Waals surface area contributed by atoms with Gasteiger partial charge in [0.25, 0.3) is 0 Å². The molecule has 4 aromatic carbocycles. The lowest BCUT2D eigenvalue weighted by atomic mass is 10.1. The zero-order chi connectivity index (χ0) is 17.8. The maximum atomic E-state index is 2.35. The van der Waals surface area contributed by atoms with Crippen LogP contribution in [0.25, 0.3) is 10.8 Å². The zero-order valence-electron chi connectivity index (χ0n) is 15.1. The highest BCUT2D eigenvalue weighted by Gasteiger charge is 2.14. The van der Waals surface area contributed by atoms with Gasteiger partial charge in [0.05, 0.1) is 5.69 Å². The van der Waals surface area contributed by atoms with Gasteiger partial charge < -0.3 is 4.90 Å². The molecule has 0 unspecified atom stereocenters. The fourth-order valence-electron chi connectivity index (χ4n) is 3.51. The van der Waals surface area contributed by atoms with Gasteiger partial charge in [0.1, 0.15) is 0 Å². The predicted molar refractivity (Wildman–Crippen MR) is 113 cm³/mol. The molecule has 0 amide bonds. The van der Waals surface area contributed by atoms with Gasteiger partial charge in [-0.05, 0) is 47.7 Å². The van der Waals surface area contributed by atoms with E-state index in [1.54, 1.807) is 0 Å². The summed E-state index contributed by atoms with van der Waals surface area (Å²) in [5, 5.41) is 2.52. The monoisotopic (exact) mass is 337 g/mol. The van der Waals surface area contributed by atoms with E-state index in [4.69, 9.17) is 0 Å². The van der Waals surface area contributed by atoms with E-state index in [9.17, 15) is 0 Å². The average molecular weight is 337 g/mol. The second-order valence-corrected chi connectivity index (χ2v) is 6.59. The SMILES string of the molecule is CCCc1ccc(N(c2ccccc2)c2cccc3ccccc23)cc1. The Morgan fingerprint density at radius 2 is 1.27 bits per heavy atom. The van der Waals surface area contributed by atoms with E-state index in [2.05, 4.69) is 109 Å². The second kappa shape index (κ2) is 7.45. The molecule has 4 aromatic rings. The lowest BCUT2D eigenvalue weighted by Crippen LogP contribution is -2.10. The molecule has 0 radical (unpaired) electrons. The predicted octanol–water partition coefficient (Wildman–Crippen LogP) is 7.26. The van der Waals surface area contributed by atoms with Crippen molar-refractivity contribution in [2.45, 2.75) is 19.8 Å². The topological polar surface area (TPSA) is 3.24 Å². The lowest BCUT2D eigenvalue weighted by molar-refractivity contribution is 0.922. The third kappa shape index (κ3) is 3.21. The molecular formula is C25H23N. The van der Waals surface area contributed by atoms with Crippen LogP contribution in [0.3, 0.4) is 0 Å². The van der Waals surface area contributed by atoms with E-state index in [0.717, 1.165) is 6.42 Å². The Labute approximate surface area is 155 Å². The molecule has 0 saturated carbocycles. The summed E-state index contributed by atoms with van der Waals surface area (Å²) in [6.07, 6.45) is 2.30. The number of benzene rings is 4. The summed E-state index contributed by atoms with van der Waals surface area (Å²) in [6.45, 7) is 2.22. The number of anilines is 3. The number of para-hydroxylation sites is 1. The van der Waals surface area contributed by atoms with Crippen molar-refractivity contribution < 1.29 is 0 Å². The largest absolute Gasteiger partial charge is 0.310 e. The number of hydrogen-bond donors (Lipinski definition) is 0. The summed E-state index contributed by atoms with van der Waals surface area (Å²) in [5.74, 6) is 0. The molecule has 0 N–H and O–H groups in total. The fourth-order valence-corrected chi connectivity index (χ4v) is 3.51. The first-order valence-electron chi connectivity index (χ1n) is 9.28. The van der Waals surface area contributed by atoms with E-state index < -0.39 is 0 Å². The number of aryl methyl sites for hydroxylation is 1. The van der Waals surface area contributed by atoms with Crippen LogP contribution >= 0.6 is 0 Å². The van der Waals surface area contributed by atoms with Gasteiger partial charge in [-0.25, -0.2) is 0 Å². The van der Waals surface area contributed by atoms with Crippen LogP contribution in [0.2, 0.25) is 0 Å². The molecule has 26 heavy (non-hydrogen) atoms. The highest BCUT2D eigenvalue weighted by molar-refractivity contribution is 5.98. The Morgan fingerprint density at radius 3 is 2.04 bits per heavy atom. The highest BCUT2D eigenvalue weighted by atomic mass is 15.1. The normalized spacial score (nSPS) is 10.8. The highest BCUT2D eigenvalue weighted by Crippen LogP contribution is 2.38. The molecule has 0 aromatic heterocycles. The third-order valence-corrected chi connectivity index (χ3v) is 4.76. The second-order valence-electron chi connectivity index (χ2n) is 6.59. The van der Waals surface area contributed by atoms with Crippen LogP contribution in [0.15, 0.2) is 97.1 Å². The van der Waals surface area contributed by atoms with Crippen molar-refractivity contribution in [1.82, 2.24) is 0 Å². The molecule has 128 valence electrons. The molecule has 0 bridgehead atoms. The van der Waals surface area contributed by atoms with Crippen LogP contribution in [0.1, 0.15) is 18.9 Å². The van der Waals surface area contributed by atoms with Gasteiger partial charge in [-0.1, -0.05) is 80.1 Å². The quantitative estimate of drug-likeness (QED) is 0.370. The minimum absolute atomic E-state index is 1.12. The average Bonchev–Trinajstić information content (AvgIpc) is 2.71. The minimum Gasteiger partial charge on any atom is -0.310 e. The molecule has 0 spiro atoms. The Hall–Kier alpha value is -3.06. The van der Waals surface area contributed by atoms with Crippen LogP contribution in [0, 0.1) is 0 Å². The standard InChI is InChI=1S/C25H23N/c1-2-9-20-16-18-23(19-17-20)26(22-12-4-3-5-13-22)25-15-8-11-21-10-6-7-14-24(21)25/h3-8,10-19H,2,9H2,1H3. The van der Waals surface area contributed by atoms with Crippen molar-refractivity contribution in [2.24, 2.45) is 0 Å². The number of hydrogen-bond acceptors (Lipinski definition) is 1. The fraction of sp³-hybridized carbons (Fsp3) is 0.120. The Balaban J connectivity index is 1.89. The first-order valence-corrected chi connectivity index (χ1v) is 9.28. The molecule has 1 heteroatoms. The first kappa shape index (κ1) is 16.4. The third-order valence-electron chi connectivity index (χ3n) is 4.76. The molecular weight excluding hydrogens is 314 g/mol. The van der Waals surface area contributed by atoms with Gasteiger partial charge in [0.15, 0.2) is 0 Å². The summed E-state index contributed by atoms with van der Waals surface area (Å²) in [4.78, 5) is 2.35. The van der Waals surface area contributed by atoms with Crippen molar-refractivity contribution in [3.63, 3.8) is 0 Å². The molecule has 0 fully saturated rings. The number of rotatable bonds is 5. The summed E-state index contributed by atoms with van der Waals surface area (Å²) in [7, 11) is 0. The summed E-state index contributed by atoms with van der Waals surface area (Å²) in [5.41, 5.74) is 4.96. The Bertz CT molecular complexity index is 982. The van der Waals surface area contributed by atoms with Gasteiger partial charge >= 0.3 is 0 Å². The van der Waals surface area contributed by atoms with Crippen molar-refractivity contribution in [3.05, 3.63) is 103 Å². The van der Waals surface area contributed by atoms with E-state index in [1.807, 2.05) is 0 Å². The van der Waals surface area contributed by atoms with Crippen molar-refractivity contribution in [2.75, 3.05) is 4.90 Å². The van der Waals surface area contributed by atoms with Gasteiger partial charge in [0.2, 0.25) is 0 Å². The van der Waals surface area contributed by atoms with Crippen LogP contribution < -0.4 is 4.90 Å². The van der Waals surface area contributed by atoms with Crippen LogP contribution in [-0.2, 0) is 6.42 Å². The van der Waals surface area contributed by atoms with Gasteiger partial charge in [-0.15, -0.1) is 0 Å². The van der Waals surface area contributed by atoms with Crippen molar-refractivity contribution in [1.29, 1.82) is 0 Å². The summed E-state index contributed by atoms with van der Waals surface area (Å²) in [6, 6.07) is 34.7. The van der Waals surface area contributed by atoms with Crippen molar-refractivity contribution >= 4 is 27.8 Å². The molecule has 0 aliphatic carbocycles. The van der Waals surface area contributed by atoms with E-state index >= 15 is 0 Å². The van der Waals surface area contributed by atoms with E-state index in [-0.39, 0.29) is 0 Å². The smallest absolute Gasteiger partial charge is 0.0540 e. The van der Waals surface area contributed by atoms with E-state index in [0.29, 0.717) is 0 Å². The molecule has 4 rings (SSSR count). The van der Waals surface area contributed by atoms with Crippen LogP contribution in [-0.4, -0.2) is 0 Å². The molecule has 0 aliphatic rings. The number of fused-ring (bicyclic) bond motifs is 1. The van der Waals surface area contributed by atoms with Crippen LogP contribution in [0.4, 0.5) is 17.1 Å². The molecule has 1 nitrogen and oxygen atoms in total. The summed E-state index contributed by atoms with van der Waals surface area (Å²) >= 11 is 0. The number of nitrogens with zero attached hydrogens (tertiary/aromatic N) is 1. The van der Waals surface area contributed by atoms with Gasteiger partial charge in [0, 0.05) is 16.8 Å². The molecule has 0 atom stereocenters. The Kier molecular flexibility index (Phi) is 4.70. The minimum atomic E-state index is 1.12. The molecule has 0 aliphatic heterocycles. The van der Waals surface area contributed by atoms with Gasteiger partial charge in [-0.2, -0.15) is 0 Å².